The van der Waals surface area contributed by atoms with Crippen molar-refractivity contribution in [3.05, 3.63) is 51.8 Å². The summed E-state index contributed by atoms with van der Waals surface area (Å²) in [5, 5.41) is 0. The van der Waals surface area contributed by atoms with Crippen LogP contribution in [0.3, 0.4) is 0 Å². The minimum Gasteiger partial charge on any atom is -0.497 e. The molecule has 4 rings (SSSR count). The molecule has 0 saturated heterocycles. The highest BCUT2D eigenvalue weighted by atomic mass is 16.5. The van der Waals surface area contributed by atoms with Crippen molar-refractivity contribution in [1.29, 1.82) is 0 Å². The number of ether oxygens (including phenoxy) is 2. The van der Waals surface area contributed by atoms with Crippen molar-refractivity contribution in [2.24, 2.45) is 0 Å². The number of aromatic nitrogens is 1. The molecule has 1 spiro atoms. The Bertz CT molecular complexity index is 922. The van der Waals surface area contributed by atoms with Crippen molar-refractivity contribution in [2.75, 3.05) is 13.7 Å². The molecule has 2 aliphatic rings. The fraction of sp³-hybridized carbons (Fsp3) is 0.429. The van der Waals surface area contributed by atoms with E-state index >= 15 is 0 Å². The van der Waals surface area contributed by atoms with E-state index in [-0.39, 0.29) is 23.1 Å². The summed E-state index contributed by atoms with van der Waals surface area (Å²) in [4.78, 5) is 24.9. The van der Waals surface area contributed by atoms with Gasteiger partial charge >= 0.3 is 5.97 Å². The van der Waals surface area contributed by atoms with Gasteiger partial charge in [0.2, 0.25) is 0 Å². The first-order chi connectivity index (χ1) is 12.6. The molecule has 0 bridgehead atoms. The van der Waals surface area contributed by atoms with Crippen molar-refractivity contribution in [3.63, 3.8) is 0 Å². The minimum absolute atomic E-state index is 0.0636. The molecule has 1 fully saturated rings. The molecule has 0 N–H and O–H groups in total. The molecule has 2 heterocycles. The highest BCUT2D eigenvalue weighted by molar-refractivity contribution is 5.89. The smallest absolute Gasteiger partial charge is 0.343 e. The minimum atomic E-state index is -0.544. The zero-order chi connectivity index (χ0) is 18.3. The van der Waals surface area contributed by atoms with E-state index in [2.05, 4.69) is 10.6 Å². The maximum atomic E-state index is 12.6. The maximum Gasteiger partial charge on any atom is 0.343 e. The lowest BCUT2D eigenvalue weighted by atomic mass is 9.81. The third-order valence-corrected chi connectivity index (χ3v) is 5.70. The molecule has 0 atom stereocenters. The van der Waals surface area contributed by atoms with Crippen LogP contribution in [0.1, 0.15) is 48.5 Å². The van der Waals surface area contributed by atoms with Crippen LogP contribution in [0.25, 0.3) is 11.3 Å². The van der Waals surface area contributed by atoms with Crippen molar-refractivity contribution >= 4 is 5.97 Å². The molecular weight excluding hydrogens is 330 g/mol. The lowest BCUT2D eigenvalue weighted by Gasteiger charge is -2.40. The maximum absolute atomic E-state index is 12.6. The van der Waals surface area contributed by atoms with Gasteiger partial charge in [0.1, 0.15) is 11.3 Å². The third kappa shape index (κ3) is 2.54. The van der Waals surface area contributed by atoms with E-state index < -0.39 is 5.97 Å². The number of carbonyl (C=O) groups is 1. The molecule has 5 heteroatoms. The van der Waals surface area contributed by atoms with Gasteiger partial charge in [-0.25, -0.2) is 4.79 Å². The first-order valence-corrected chi connectivity index (χ1v) is 9.19. The SMILES string of the molecule is CCOC(=O)c1cn2c(cc1=O)-c1cc(OC)ccc1CC21CCCC1. The third-order valence-electron chi connectivity index (χ3n) is 5.70. The molecule has 26 heavy (non-hydrogen) atoms. The fourth-order valence-corrected chi connectivity index (χ4v) is 4.46. The Balaban J connectivity index is 1.95. The van der Waals surface area contributed by atoms with E-state index in [4.69, 9.17) is 9.47 Å². The Morgan fingerprint density at radius 1 is 1.23 bits per heavy atom. The summed E-state index contributed by atoms with van der Waals surface area (Å²) in [6.45, 7) is 2.00. The Morgan fingerprint density at radius 3 is 2.69 bits per heavy atom. The van der Waals surface area contributed by atoms with E-state index in [0.29, 0.717) is 0 Å². The van der Waals surface area contributed by atoms with Gasteiger partial charge in [0, 0.05) is 23.4 Å². The molecule has 5 nitrogen and oxygen atoms in total. The van der Waals surface area contributed by atoms with Crippen LogP contribution in [0.4, 0.5) is 0 Å². The highest BCUT2D eigenvalue weighted by Gasteiger charge is 2.41. The molecule has 0 amide bonds. The molecule has 0 unspecified atom stereocenters. The first kappa shape index (κ1) is 16.9. The zero-order valence-corrected chi connectivity index (χ0v) is 15.2. The van der Waals surface area contributed by atoms with Gasteiger partial charge < -0.3 is 14.0 Å². The van der Waals surface area contributed by atoms with Crippen LogP contribution in [-0.4, -0.2) is 24.3 Å². The van der Waals surface area contributed by atoms with Gasteiger partial charge in [0.25, 0.3) is 0 Å². The molecular formula is C21H23NO4. The Kier molecular flexibility index (Phi) is 4.10. The van der Waals surface area contributed by atoms with Crippen LogP contribution in [0.15, 0.2) is 35.3 Å². The summed E-state index contributed by atoms with van der Waals surface area (Å²) in [6, 6.07) is 7.64. The van der Waals surface area contributed by atoms with Gasteiger partial charge in [-0.2, -0.15) is 0 Å². The van der Waals surface area contributed by atoms with Gasteiger partial charge in [0.05, 0.1) is 19.4 Å². The number of nitrogens with zero attached hydrogens (tertiary/aromatic N) is 1. The monoisotopic (exact) mass is 353 g/mol. The normalized spacial score (nSPS) is 16.8. The molecule has 1 aliphatic carbocycles. The quantitative estimate of drug-likeness (QED) is 0.792. The van der Waals surface area contributed by atoms with Gasteiger partial charge in [0.15, 0.2) is 5.43 Å². The Hall–Kier alpha value is -2.56. The van der Waals surface area contributed by atoms with Crippen LogP contribution in [0.2, 0.25) is 0 Å². The number of hydrogen-bond donors (Lipinski definition) is 0. The molecule has 1 aromatic carbocycles. The largest absolute Gasteiger partial charge is 0.497 e. The molecule has 136 valence electrons. The van der Waals surface area contributed by atoms with E-state index in [0.717, 1.165) is 49.1 Å². The number of carbonyl (C=O) groups excluding carboxylic acids is 1. The zero-order valence-electron chi connectivity index (χ0n) is 15.2. The summed E-state index contributed by atoms with van der Waals surface area (Å²) in [5.41, 5.74) is 2.87. The Labute approximate surface area is 152 Å². The Morgan fingerprint density at radius 2 is 2.00 bits per heavy atom. The topological polar surface area (TPSA) is 57.5 Å². The molecule has 1 aliphatic heterocycles. The van der Waals surface area contributed by atoms with Crippen molar-refractivity contribution in [2.45, 2.75) is 44.6 Å². The van der Waals surface area contributed by atoms with Gasteiger partial charge in [-0.1, -0.05) is 18.9 Å². The number of pyridine rings is 1. The first-order valence-electron chi connectivity index (χ1n) is 9.19. The number of benzene rings is 1. The molecule has 1 aromatic heterocycles. The van der Waals surface area contributed by atoms with E-state index in [9.17, 15) is 9.59 Å². The molecule has 0 radical (unpaired) electrons. The number of esters is 1. The van der Waals surface area contributed by atoms with Crippen LogP contribution in [0, 0.1) is 0 Å². The lowest BCUT2D eigenvalue weighted by Crippen LogP contribution is -2.39. The van der Waals surface area contributed by atoms with Gasteiger partial charge in [-0.3, -0.25) is 4.79 Å². The van der Waals surface area contributed by atoms with Crippen molar-refractivity contribution in [1.82, 2.24) is 4.57 Å². The standard InChI is InChI=1S/C21H23NO4/c1-3-26-20(24)17-13-22-18(11-19(17)23)16-10-15(25-2)7-6-14(16)12-21(22)8-4-5-9-21/h6-7,10-11,13H,3-5,8-9,12H2,1-2H3. The summed E-state index contributed by atoms with van der Waals surface area (Å²) in [7, 11) is 1.64. The van der Waals surface area contributed by atoms with E-state index in [1.807, 2.05) is 12.1 Å². The summed E-state index contributed by atoms with van der Waals surface area (Å²) in [5.74, 6) is 0.219. The fourth-order valence-electron chi connectivity index (χ4n) is 4.46. The number of hydrogen-bond acceptors (Lipinski definition) is 4. The average Bonchev–Trinajstić information content (AvgIpc) is 3.10. The molecule has 1 saturated carbocycles. The van der Waals surface area contributed by atoms with Crippen LogP contribution in [0.5, 0.6) is 5.75 Å². The van der Waals surface area contributed by atoms with Crippen LogP contribution >= 0.6 is 0 Å². The highest BCUT2D eigenvalue weighted by Crippen LogP contribution is 2.47. The van der Waals surface area contributed by atoms with Gasteiger partial charge in [-0.05, 0) is 43.9 Å². The predicted molar refractivity (Wildman–Crippen MR) is 98.8 cm³/mol. The van der Waals surface area contributed by atoms with E-state index in [1.54, 1.807) is 26.3 Å². The lowest BCUT2D eigenvalue weighted by molar-refractivity contribution is 0.0523. The van der Waals surface area contributed by atoms with E-state index in [1.165, 1.54) is 5.56 Å². The molecule has 2 aromatic rings. The van der Waals surface area contributed by atoms with Crippen molar-refractivity contribution in [3.8, 4) is 17.0 Å². The summed E-state index contributed by atoms with van der Waals surface area (Å²) >= 11 is 0. The summed E-state index contributed by atoms with van der Waals surface area (Å²) < 4.78 is 12.6. The number of rotatable bonds is 3. The van der Waals surface area contributed by atoms with Crippen molar-refractivity contribution < 1.29 is 14.3 Å². The second kappa shape index (κ2) is 6.31. The predicted octanol–water partition coefficient (Wildman–Crippen LogP) is 3.53. The number of fused-ring (bicyclic) bond motifs is 4. The average molecular weight is 353 g/mol. The second-order valence-corrected chi connectivity index (χ2v) is 7.16. The van der Waals surface area contributed by atoms with Crippen LogP contribution in [-0.2, 0) is 16.7 Å². The summed E-state index contributed by atoms with van der Waals surface area (Å²) in [6.07, 6.45) is 7.05. The van der Waals surface area contributed by atoms with Gasteiger partial charge in [-0.15, -0.1) is 0 Å². The van der Waals surface area contributed by atoms with Crippen LogP contribution < -0.4 is 10.2 Å². The second-order valence-electron chi connectivity index (χ2n) is 7.16. The number of methoxy groups -OCH3 is 1.